The molecule has 1 unspecified atom stereocenters. The first-order chi connectivity index (χ1) is 5.18. The van der Waals surface area contributed by atoms with E-state index in [0.717, 1.165) is 0 Å². The molecule has 0 aliphatic carbocycles. The molecule has 11 heavy (non-hydrogen) atoms. The third-order valence-corrected chi connectivity index (χ3v) is 1.57. The van der Waals surface area contributed by atoms with E-state index in [-0.39, 0.29) is 0 Å². The average Bonchev–Trinajstić information content (AvgIpc) is 1.97. The maximum absolute atomic E-state index is 10.2. The molecule has 0 rings (SSSR count). The topological polar surface area (TPSA) is 37.3 Å². The number of carboxylic acids is 1. The van der Waals surface area contributed by atoms with Gasteiger partial charge in [-0.2, -0.15) is 0 Å². The summed E-state index contributed by atoms with van der Waals surface area (Å²) >= 11 is 2.95. The highest BCUT2D eigenvalue weighted by Gasteiger charge is 2.06. The van der Waals surface area contributed by atoms with E-state index < -0.39 is 10.8 Å². The standard InChI is InChI=1S/C8H9BrO2/c1-2-3-4-5-6-7(9)8(10)11/h2-7H,1H2,(H,10,11)/b4-3-,6-5+. The van der Waals surface area contributed by atoms with Crippen LogP contribution in [0, 0.1) is 0 Å². The molecule has 0 fully saturated rings. The van der Waals surface area contributed by atoms with Gasteiger partial charge in [0.05, 0.1) is 0 Å². The Bertz CT molecular complexity index is 194. The number of halogens is 1. The molecule has 0 aliphatic rings. The second kappa shape index (κ2) is 5.92. The highest BCUT2D eigenvalue weighted by atomic mass is 79.9. The lowest BCUT2D eigenvalue weighted by Gasteiger charge is -1.92. The summed E-state index contributed by atoms with van der Waals surface area (Å²) in [5.41, 5.74) is 0. The number of carboxylic acid groups (broad SMARTS) is 1. The fourth-order valence-electron chi connectivity index (χ4n) is 0.387. The molecule has 0 aromatic rings. The van der Waals surface area contributed by atoms with Crippen molar-refractivity contribution >= 4 is 21.9 Å². The van der Waals surface area contributed by atoms with E-state index in [1.54, 1.807) is 24.3 Å². The molecule has 0 aliphatic heterocycles. The summed E-state index contributed by atoms with van der Waals surface area (Å²) in [5.74, 6) is -0.895. The minimum absolute atomic E-state index is 0.614. The van der Waals surface area contributed by atoms with Gasteiger partial charge in [-0.05, 0) is 0 Å². The fourth-order valence-corrected chi connectivity index (χ4v) is 0.563. The Balaban J connectivity index is 3.82. The predicted octanol–water partition coefficient (Wildman–Crippen LogP) is 2.13. The number of allylic oxidation sites excluding steroid dienone is 4. The molecule has 0 aromatic heterocycles. The van der Waals surface area contributed by atoms with Gasteiger partial charge in [-0.3, -0.25) is 4.79 Å². The molecule has 0 saturated carbocycles. The van der Waals surface area contributed by atoms with Gasteiger partial charge in [-0.1, -0.05) is 52.9 Å². The number of aliphatic carboxylic acids is 1. The second-order valence-electron chi connectivity index (χ2n) is 1.75. The van der Waals surface area contributed by atoms with Crippen molar-refractivity contribution in [2.75, 3.05) is 0 Å². The maximum Gasteiger partial charge on any atom is 0.321 e. The molecule has 0 bridgehead atoms. The predicted molar refractivity (Wildman–Crippen MR) is 48.8 cm³/mol. The quantitative estimate of drug-likeness (QED) is 0.578. The Hall–Kier alpha value is -0.830. The Labute approximate surface area is 74.0 Å². The van der Waals surface area contributed by atoms with Gasteiger partial charge in [0.2, 0.25) is 0 Å². The number of alkyl halides is 1. The maximum atomic E-state index is 10.2. The largest absolute Gasteiger partial charge is 0.480 e. The fraction of sp³-hybridized carbons (Fsp3) is 0.125. The van der Waals surface area contributed by atoms with Gasteiger partial charge in [0.25, 0.3) is 0 Å². The Morgan fingerprint density at radius 2 is 2.09 bits per heavy atom. The van der Waals surface area contributed by atoms with Crippen LogP contribution in [0.5, 0.6) is 0 Å². The Morgan fingerprint density at radius 3 is 2.55 bits per heavy atom. The summed E-state index contributed by atoms with van der Waals surface area (Å²) in [6.45, 7) is 3.46. The van der Waals surface area contributed by atoms with Gasteiger partial charge in [0, 0.05) is 0 Å². The number of carbonyl (C=O) groups is 1. The van der Waals surface area contributed by atoms with Crippen molar-refractivity contribution in [2.24, 2.45) is 0 Å². The molecule has 2 nitrogen and oxygen atoms in total. The van der Waals surface area contributed by atoms with E-state index in [4.69, 9.17) is 5.11 Å². The van der Waals surface area contributed by atoms with Crippen molar-refractivity contribution in [3.05, 3.63) is 37.0 Å². The smallest absolute Gasteiger partial charge is 0.321 e. The summed E-state index contributed by atoms with van der Waals surface area (Å²) in [5, 5.41) is 8.40. The summed E-state index contributed by atoms with van der Waals surface area (Å²) in [6, 6.07) is 0. The van der Waals surface area contributed by atoms with Crippen LogP contribution in [-0.2, 0) is 4.79 Å². The normalized spacial score (nSPS) is 13.9. The summed E-state index contributed by atoms with van der Waals surface area (Å²) in [4.78, 5) is 9.61. The second-order valence-corrected chi connectivity index (χ2v) is 2.73. The molecule has 0 heterocycles. The summed E-state index contributed by atoms with van der Waals surface area (Å²) in [6.07, 6.45) is 8.23. The first-order valence-electron chi connectivity index (χ1n) is 3.01. The van der Waals surface area contributed by atoms with Gasteiger partial charge in [-0.25, -0.2) is 0 Å². The highest BCUT2D eigenvalue weighted by Crippen LogP contribution is 2.00. The van der Waals surface area contributed by atoms with Crippen molar-refractivity contribution in [2.45, 2.75) is 4.83 Å². The molecule has 0 spiro atoms. The molecule has 0 radical (unpaired) electrons. The third-order valence-electron chi connectivity index (χ3n) is 0.874. The lowest BCUT2D eigenvalue weighted by molar-refractivity contribution is -0.135. The van der Waals surface area contributed by atoms with Crippen LogP contribution < -0.4 is 0 Å². The first kappa shape index (κ1) is 10.2. The van der Waals surface area contributed by atoms with E-state index in [1.165, 1.54) is 6.08 Å². The van der Waals surface area contributed by atoms with Gasteiger partial charge in [0.15, 0.2) is 0 Å². The van der Waals surface area contributed by atoms with Crippen LogP contribution in [0.15, 0.2) is 37.0 Å². The first-order valence-corrected chi connectivity index (χ1v) is 3.93. The molecule has 0 amide bonds. The van der Waals surface area contributed by atoms with Crippen molar-refractivity contribution < 1.29 is 9.90 Å². The zero-order valence-electron chi connectivity index (χ0n) is 5.90. The molecule has 0 aromatic carbocycles. The van der Waals surface area contributed by atoms with Crippen LogP contribution in [-0.4, -0.2) is 15.9 Å². The Kier molecular flexibility index (Phi) is 5.47. The molecule has 1 N–H and O–H groups in total. The molecule has 0 saturated heterocycles. The zero-order valence-corrected chi connectivity index (χ0v) is 7.49. The van der Waals surface area contributed by atoms with Gasteiger partial charge < -0.3 is 5.11 Å². The number of hydrogen-bond donors (Lipinski definition) is 1. The molecule has 1 atom stereocenters. The van der Waals surface area contributed by atoms with Crippen molar-refractivity contribution in [1.82, 2.24) is 0 Å². The van der Waals surface area contributed by atoms with Crippen molar-refractivity contribution in [3.8, 4) is 0 Å². The van der Waals surface area contributed by atoms with Crippen LogP contribution in [0.25, 0.3) is 0 Å². The highest BCUT2D eigenvalue weighted by molar-refractivity contribution is 9.10. The summed E-state index contributed by atoms with van der Waals surface area (Å²) in [7, 11) is 0. The van der Waals surface area contributed by atoms with Gasteiger partial charge >= 0.3 is 5.97 Å². The van der Waals surface area contributed by atoms with Crippen molar-refractivity contribution in [3.63, 3.8) is 0 Å². The SMILES string of the molecule is C=C/C=C\C=C\C(Br)C(=O)O. The van der Waals surface area contributed by atoms with E-state index in [2.05, 4.69) is 22.5 Å². The monoisotopic (exact) mass is 216 g/mol. The van der Waals surface area contributed by atoms with Gasteiger partial charge in [0.1, 0.15) is 4.83 Å². The van der Waals surface area contributed by atoms with E-state index in [1.807, 2.05) is 0 Å². The zero-order chi connectivity index (χ0) is 8.69. The van der Waals surface area contributed by atoms with Crippen LogP contribution >= 0.6 is 15.9 Å². The molecule has 60 valence electrons. The lowest BCUT2D eigenvalue weighted by atomic mass is 10.3. The van der Waals surface area contributed by atoms with Crippen LogP contribution in [0.1, 0.15) is 0 Å². The minimum atomic E-state index is -0.895. The number of hydrogen-bond acceptors (Lipinski definition) is 1. The summed E-state index contributed by atoms with van der Waals surface area (Å²) < 4.78 is 0. The molecular formula is C8H9BrO2. The Morgan fingerprint density at radius 1 is 1.45 bits per heavy atom. The van der Waals surface area contributed by atoms with E-state index in [0.29, 0.717) is 0 Å². The molecule has 3 heteroatoms. The number of rotatable bonds is 4. The minimum Gasteiger partial charge on any atom is -0.480 e. The van der Waals surface area contributed by atoms with Crippen molar-refractivity contribution in [1.29, 1.82) is 0 Å². The van der Waals surface area contributed by atoms with Crippen LogP contribution in [0.4, 0.5) is 0 Å². The van der Waals surface area contributed by atoms with E-state index in [9.17, 15) is 4.79 Å². The van der Waals surface area contributed by atoms with Crippen LogP contribution in [0.2, 0.25) is 0 Å². The van der Waals surface area contributed by atoms with E-state index >= 15 is 0 Å². The average molecular weight is 217 g/mol. The lowest BCUT2D eigenvalue weighted by Crippen LogP contribution is -2.08. The third kappa shape index (κ3) is 5.61. The van der Waals surface area contributed by atoms with Gasteiger partial charge in [-0.15, -0.1) is 0 Å². The molecular weight excluding hydrogens is 208 g/mol. The van der Waals surface area contributed by atoms with Crippen LogP contribution in [0.3, 0.4) is 0 Å².